The third-order valence-corrected chi connectivity index (χ3v) is 4.11. The Labute approximate surface area is 146 Å². The number of ether oxygens (including phenoxy) is 1. The minimum atomic E-state index is -4.50. The van der Waals surface area contributed by atoms with E-state index in [9.17, 15) is 23.1 Å². The molecule has 0 fully saturated rings. The number of carboxylic acids is 1. The lowest BCUT2D eigenvalue weighted by atomic mass is 9.96. The standard InChI is InChI=1S/C19H14F3NO3/c1-10-16(18(24)25)14-9-13(26-2)6-7-15(14)23-17(10)11-4-3-5-12(8-11)19(20,21)22/h3-9H,1-2H3,(H,24,25). The summed E-state index contributed by atoms with van der Waals surface area (Å²) in [6, 6.07) is 9.43. The molecule has 0 spiro atoms. The number of hydrogen-bond acceptors (Lipinski definition) is 3. The second-order valence-corrected chi connectivity index (χ2v) is 5.73. The molecule has 0 aliphatic carbocycles. The van der Waals surface area contributed by atoms with E-state index in [0.29, 0.717) is 16.7 Å². The molecule has 0 bridgehead atoms. The Morgan fingerprint density at radius 3 is 2.50 bits per heavy atom. The molecule has 2 aromatic carbocycles. The number of benzene rings is 2. The normalized spacial score (nSPS) is 11.6. The number of halogens is 3. The Bertz CT molecular complexity index is 1010. The van der Waals surface area contributed by atoms with Crippen LogP contribution < -0.4 is 4.74 Å². The summed E-state index contributed by atoms with van der Waals surface area (Å²) in [6.45, 7) is 1.53. The summed E-state index contributed by atoms with van der Waals surface area (Å²) < 4.78 is 44.1. The smallest absolute Gasteiger partial charge is 0.416 e. The third kappa shape index (κ3) is 3.08. The molecule has 7 heteroatoms. The van der Waals surface area contributed by atoms with Crippen LogP contribution in [0.5, 0.6) is 5.75 Å². The van der Waals surface area contributed by atoms with Crippen molar-refractivity contribution in [3.8, 4) is 17.0 Å². The maximum Gasteiger partial charge on any atom is 0.416 e. The predicted molar refractivity (Wildman–Crippen MR) is 90.4 cm³/mol. The first-order chi connectivity index (χ1) is 12.2. The largest absolute Gasteiger partial charge is 0.497 e. The Balaban J connectivity index is 2.31. The molecule has 0 saturated carbocycles. The van der Waals surface area contributed by atoms with Crippen LogP contribution in [0.2, 0.25) is 0 Å². The lowest BCUT2D eigenvalue weighted by molar-refractivity contribution is -0.137. The van der Waals surface area contributed by atoms with Crippen LogP contribution in [0.3, 0.4) is 0 Å². The molecule has 26 heavy (non-hydrogen) atoms. The zero-order chi connectivity index (χ0) is 19.1. The molecule has 0 aliphatic heterocycles. The summed E-state index contributed by atoms with van der Waals surface area (Å²) in [6.07, 6.45) is -4.50. The molecule has 0 aliphatic rings. The number of aromatic carboxylic acids is 1. The zero-order valence-corrected chi connectivity index (χ0v) is 13.9. The highest BCUT2D eigenvalue weighted by molar-refractivity contribution is 6.06. The molecule has 3 aromatic rings. The second-order valence-electron chi connectivity index (χ2n) is 5.73. The maximum absolute atomic E-state index is 13.0. The molecule has 134 valence electrons. The Kier molecular flexibility index (Phi) is 4.31. The molecular formula is C19H14F3NO3. The van der Waals surface area contributed by atoms with Crippen LogP contribution in [0.1, 0.15) is 21.5 Å². The van der Waals surface area contributed by atoms with E-state index in [2.05, 4.69) is 4.98 Å². The summed E-state index contributed by atoms with van der Waals surface area (Å²) in [5, 5.41) is 10.00. The van der Waals surface area contributed by atoms with Gasteiger partial charge in [0, 0.05) is 10.9 Å². The summed E-state index contributed by atoms with van der Waals surface area (Å²) in [5.74, 6) is -0.718. The van der Waals surface area contributed by atoms with E-state index in [-0.39, 0.29) is 22.4 Å². The number of nitrogens with zero attached hydrogens (tertiary/aromatic N) is 1. The summed E-state index contributed by atoms with van der Waals surface area (Å²) in [5.41, 5.74) is 0.228. The van der Waals surface area contributed by atoms with Gasteiger partial charge in [0.2, 0.25) is 0 Å². The van der Waals surface area contributed by atoms with Crippen molar-refractivity contribution >= 4 is 16.9 Å². The van der Waals surface area contributed by atoms with E-state index in [4.69, 9.17) is 4.74 Å². The van der Waals surface area contributed by atoms with Gasteiger partial charge in [0.15, 0.2) is 0 Å². The Morgan fingerprint density at radius 2 is 1.88 bits per heavy atom. The monoisotopic (exact) mass is 361 g/mol. The number of aromatic nitrogens is 1. The topological polar surface area (TPSA) is 59.4 Å². The number of alkyl halides is 3. The SMILES string of the molecule is COc1ccc2nc(-c3cccc(C(F)(F)F)c3)c(C)c(C(=O)O)c2c1. The molecule has 0 atom stereocenters. The first-order valence-corrected chi connectivity index (χ1v) is 7.61. The van der Waals surface area contributed by atoms with Crippen LogP contribution in [-0.4, -0.2) is 23.2 Å². The first-order valence-electron chi connectivity index (χ1n) is 7.61. The van der Waals surface area contributed by atoms with Gasteiger partial charge in [-0.25, -0.2) is 9.78 Å². The van der Waals surface area contributed by atoms with Crippen LogP contribution in [0, 0.1) is 6.92 Å². The molecule has 1 aromatic heterocycles. The van der Waals surface area contributed by atoms with E-state index >= 15 is 0 Å². The first kappa shape index (κ1) is 17.7. The van der Waals surface area contributed by atoms with Crippen LogP contribution in [0.25, 0.3) is 22.2 Å². The summed E-state index contributed by atoms with van der Waals surface area (Å²) >= 11 is 0. The molecule has 3 rings (SSSR count). The van der Waals surface area contributed by atoms with Gasteiger partial charge in [-0.3, -0.25) is 0 Å². The number of carbonyl (C=O) groups is 1. The number of fused-ring (bicyclic) bond motifs is 1. The van der Waals surface area contributed by atoms with Crippen molar-refractivity contribution in [1.82, 2.24) is 4.98 Å². The van der Waals surface area contributed by atoms with Crippen molar-refractivity contribution in [2.24, 2.45) is 0 Å². The van der Waals surface area contributed by atoms with Crippen molar-refractivity contribution in [2.75, 3.05) is 7.11 Å². The molecule has 0 unspecified atom stereocenters. The predicted octanol–water partition coefficient (Wildman–Crippen LogP) is 4.94. The number of pyridine rings is 1. The fourth-order valence-electron chi connectivity index (χ4n) is 2.86. The minimum absolute atomic E-state index is 0.0127. The highest BCUT2D eigenvalue weighted by Crippen LogP contribution is 2.35. The van der Waals surface area contributed by atoms with E-state index in [1.54, 1.807) is 18.2 Å². The Hall–Kier alpha value is -3.09. The average Bonchev–Trinajstić information content (AvgIpc) is 2.59. The molecule has 0 radical (unpaired) electrons. The molecule has 4 nitrogen and oxygen atoms in total. The van der Waals surface area contributed by atoms with Crippen molar-refractivity contribution in [1.29, 1.82) is 0 Å². The van der Waals surface area contributed by atoms with Crippen LogP contribution in [0.4, 0.5) is 13.2 Å². The number of carboxylic acid groups (broad SMARTS) is 1. The number of methoxy groups -OCH3 is 1. The van der Waals surface area contributed by atoms with Crippen molar-refractivity contribution < 1.29 is 27.8 Å². The van der Waals surface area contributed by atoms with E-state index < -0.39 is 17.7 Å². The lowest BCUT2D eigenvalue weighted by Gasteiger charge is -2.14. The number of rotatable bonds is 3. The minimum Gasteiger partial charge on any atom is -0.497 e. The van der Waals surface area contributed by atoms with E-state index in [1.807, 2.05) is 0 Å². The summed E-state index contributed by atoms with van der Waals surface area (Å²) in [7, 11) is 1.46. The van der Waals surface area contributed by atoms with Gasteiger partial charge in [-0.15, -0.1) is 0 Å². The van der Waals surface area contributed by atoms with Crippen molar-refractivity contribution in [3.63, 3.8) is 0 Å². The third-order valence-electron chi connectivity index (χ3n) is 4.11. The molecule has 0 amide bonds. The van der Waals surface area contributed by atoms with Gasteiger partial charge in [-0.2, -0.15) is 13.2 Å². The highest BCUT2D eigenvalue weighted by Gasteiger charge is 2.31. The van der Waals surface area contributed by atoms with Gasteiger partial charge < -0.3 is 9.84 Å². The van der Waals surface area contributed by atoms with Crippen molar-refractivity contribution in [2.45, 2.75) is 13.1 Å². The molecular weight excluding hydrogens is 347 g/mol. The van der Waals surface area contributed by atoms with Crippen LogP contribution >= 0.6 is 0 Å². The van der Waals surface area contributed by atoms with Gasteiger partial charge in [0.1, 0.15) is 5.75 Å². The summed E-state index contributed by atoms with van der Waals surface area (Å²) in [4.78, 5) is 16.2. The van der Waals surface area contributed by atoms with Gasteiger partial charge in [-0.05, 0) is 42.8 Å². The van der Waals surface area contributed by atoms with Gasteiger partial charge in [0.05, 0.1) is 29.4 Å². The average molecular weight is 361 g/mol. The van der Waals surface area contributed by atoms with Gasteiger partial charge in [-0.1, -0.05) is 12.1 Å². The second kappa shape index (κ2) is 6.33. The van der Waals surface area contributed by atoms with Gasteiger partial charge in [0.25, 0.3) is 0 Å². The Morgan fingerprint density at radius 1 is 1.15 bits per heavy atom. The number of hydrogen-bond donors (Lipinski definition) is 1. The lowest BCUT2D eigenvalue weighted by Crippen LogP contribution is -2.07. The fraction of sp³-hybridized carbons (Fsp3) is 0.158. The fourth-order valence-corrected chi connectivity index (χ4v) is 2.86. The van der Waals surface area contributed by atoms with E-state index in [1.165, 1.54) is 26.2 Å². The molecule has 1 N–H and O–H groups in total. The van der Waals surface area contributed by atoms with E-state index in [0.717, 1.165) is 12.1 Å². The van der Waals surface area contributed by atoms with Crippen molar-refractivity contribution in [3.05, 3.63) is 59.2 Å². The highest BCUT2D eigenvalue weighted by atomic mass is 19.4. The maximum atomic E-state index is 13.0. The van der Waals surface area contributed by atoms with Crippen LogP contribution in [-0.2, 0) is 6.18 Å². The van der Waals surface area contributed by atoms with Gasteiger partial charge >= 0.3 is 12.1 Å². The molecule has 1 heterocycles. The quantitative estimate of drug-likeness (QED) is 0.718. The zero-order valence-electron chi connectivity index (χ0n) is 13.9. The molecule has 0 saturated heterocycles. The van der Waals surface area contributed by atoms with Crippen LogP contribution in [0.15, 0.2) is 42.5 Å².